The molecular formula is C31H23ClN6. The van der Waals surface area contributed by atoms with Gasteiger partial charge in [-0.2, -0.15) is 5.10 Å². The molecule has 0 saturated carbocycles. The Morgan fingerprint density at radius 1 is 0.789 bits per heavy atom. The minimum atomic E-state index is -0.210. The summed E-state index contributed by atoms with van der Waals surface area (Å²) in [5.74, 6) is 2.18. The van der Waals surface area contributed by atoms with Gasteiger partial charge in [0.1, 0.15) is 0 Å². The lowest BCUT2D eigenvalue weighted by Crippen LogP contribution is -2.46. The molecule has 0 amide bonds. The van der Waals surface area contributed by atoms with Crippen molar-refractivity contribution in [2.24, 2.45) is 9.98 Å². The van der Waals surface area contributed by atoms with Crippen molar-refractivity contribution in [2.75, 3.05) is 10.2 Å². The van der Waals surface area contributed by atoms with E-state index in [0.29, 0.717) is 10.9 Å². The topological polar surface area (TPSA) is 57.8 Å². The van der Waals surface area contributed by atoms with Crippen LogP contribution in [0.5, 0.6) is 0 Å². The van der Waals surface area contributed by atoms with Gasteiger partial charge in [0.2, 0.25) is 0 Å². The minimum Gasteiger partial charge on any atom is -0.337 e. The molecule has 3 heterocycles. The molecule has 7 rings (SSSR count). The summed E-state index contributed by atoms with van der Waals surface area (Å²) in [5, 5.41) is 9.18. The van der Waals surface area contributed by atoms with Crippen molar-refractivity contribution in [2.45, 2.75) is 13.0 Å². The van der Waals surface area contributed by atoms with Crippen LogP contribution >= 0.6 is 11.6 Å². The van der Waals surface area contributed by atoms with Crippen LogP contribution in [0.25, 0.3) is 5.69 Å². The highest BCUT2D eigenvalue weighted by Crippen LogP contribution is 2.48. The van der Waals surface area contributed by atoms with Crippen LogP contribution in [0.3, 0.4) is 0 Å². The lowest BCUT2D eigenvalue weighted by atomic mass is 9.93. The Morgan fingerprint density at radius 2 is 1.53 bits per heavy atom. The van der Waals surface area contributed by atoms with E-state index in [1.165, 1.54) is 0 Å². The number of hydrogen-bond acceptors (Lipinski definition) is 5. The number of aryl methyl sites for hydroxylation is 1. The van der Waals surface area contributed by atoms with Crippen molar-refractivity contribution in [3.05, 3.63) is 131 Å². The molecule has 0 aliphatic carbocycles. The SMILES string of the molecule is Cc1nn(-c2ccccc2)c2c1C(c1cccc(Cl)c1)N1C(=N2)C(Nc2ccccc2)=Nc2ccccc21. The summed E-state index contributed by atoms with van der Waals surface area (Å²) in [5.41, 5.74) is 6.74. The summed E-state index contributed by atoms with van der Waals surface area (Å²) in [6.07, 6.45) is 0. The Bertz CT molecular complexity index is 1720. The van der Waals surface area contributed by atoms with Crippen molar-refractivity contribution in [3.8, 4) is 5.69 Å². The smallest absolute Gasteiger partial charge is 0.179 e. The Labute approximate surface area is 225 Å². The van der Waals surface area contributed by atoms with E-state index in [9.17, 15) is 0 Å². The number of aromatic nitrogens is 2. The maximum absolute atomic E-state index is 6.54. The first-order valence-electron chi connectivity index (χ1n) is 12.5. The second-order valence-electron chi connectivity index (χ2n) is 9.27. The van der Waals surface area contributed by atoms with Gasteiger partial charge in [0.05, 0.1) is 28.8 Å². The van der Waals surface area contributed by atoms with Gasteiger partial charge >= 0.3 is 0 Å². The van der Waals surface area contributed by atoms with Crippen LogP contribution in [0.2, 0.25) is 5.02 Å². The van der Waals surface area contributed by atoms with Gasteiger partial charge in [-0.15, -0.1) is 0 Å². The predicted octanol–water partition coefficient (Wildman–Crippen LogP) is 7.63. The van der Waals surface area contributed by atoms with Crippen LogP contribution in [0, 0.1) is 6.92 Å². The summed E-state index contributed by atoms with van der Waals surface area (Å²) >= 11 is 6.54. The van der Waals surface area contributed by atoms with Crippen molar-refractivity contribution in [1.29, 1.82) is 0 Å². The number of nitrogens with zero attached hydrogens (tertiary/aromatic N) is 5. The summed E-state index contributed by atoms with van der Waals surface area (Å²) in [6.45, 7) is 2.05. The molecule has 2 aliphatic rings. The standard InChI is InChI=1S/C31H23ClN6/c1-20-27-28(21-11-10-12-22(32)19-21)37-26-18-9-8-17-25(26)34-29(33-23-13-4-2-5-14-23)31(37)35-30(27)38(36-20)24-15-6-3-7-16-24/h2-19,28H,1H3,(H,33,34). The number of hydrogen-bond donors (Lipinski definition) is 1. The van der Waals surface area contributed by atoms with Crippen LogP contribution in [-0.2, 0) is 0 Å². The molecule has 4 aromatic carbocycles. The highest BCUT2D eigenvalue weighted by Gasteiger charge is 2.41. The largest absolute Gasteiger partial charge is 0.337 e. The fraction of sp³-hybridized carbons (Fsp3) is 0.0645. The molecule has 0 radical (unpaired) electrons. The van der Waals surface area contributed by atoms with Crippen molar-refractivity contribution >= 4 is 46.2 Å². The molecule has 1 atom stereocenters. The lowest BCUT2D eigenvalue weighted by Gasteiger charge is -2.40. The lowest BCUT2D eigenvalue weighted by molar-refractivity contribution is 0.815. The highest BCUT2D eigenvalue weighted by molar-refractivity contribution is 6.51. The molecule has 5 aromatic rings. The molecule has 0 fully saturated rings. The van der Waals surface area contributed by atoms with E-state index in [4.69, 9.17) is 26.7 Å². The van der Waals surface area contributed by atoms with Gasteiger partial charge in [-0.05, 0) is 61.0 Å². The van der Waals surface area contributed by atoms with Gasteiger partial charge in [0, 0.05) is 16.3 Å². The first kappa shape index (κ1) is 22.5. The van der Waals surface area contributed by atoms with E-state index in [1.807, 2.05) is 109 Å². The number of rotatable bonds is 3. The van der Waals surface area contributed by atoms with Gasteiger partial charge in [-0.3, -0.25) is 0 Å². The molecule has 184 valence electrons. The Morgan fingerprint density at radius 3 is 2.32 bits per heavy atom. The van der Waals surface area contributed by atoms with Crippen LogP contribution in [0.15, 0.2) is 119 Å². The molecule has 38 heavy (non-hydrogen) atoms. The van der Waals surface area contributed by atoms with Crippen molar-refractivity contribution in [3.63, 3.8) is 0 Å². The summed E-state index contributed by atoms with van der Waals surface area (Å²) in [6, 6.07) is 36.1. The number of para-hydroxylation sites is 4. The van der Waals surface area contributed by atoms with Gasteiger partial charge in [0.25, 0.3) is 0 Å². The van der Waals surface area contributed by atoms with Gasteiger partial charge < -0.3 is 10.2 Å². The maximum atomic E-state index is 6.54. The van der Waals surface area contributed by atoms with E-state index in [0.717, 1.165) is 51.2 Å². The molecule has 0 bridgehead atoms. The molecule has 2 aliphatic heterocycles. The van der Waals surface area contributed by atoms with E-state index in [-0.39, 0.29) is 6.04 Å². The Balaban J connectivity index is 1.51. The molecule has 1 N–H and O–H groups in total. The second kappa shape index (κ2) is 9.01. The van der Waals surface area contributed by atoms with Crippen LogP contribution in [-0.4, -0.2) is 21.5 Å². The number of amidine groups is 2. The molecule has 7 heteroatoms. The van der Waals surface area contributed by atoms with E-state index < -0.39 is 0 Å². The van der Waals surface area contributed by atoms with Crippen LogP contribution < -0.4 is 10.2 Å². The number of nitrogens with one attached hydrogen (secondary N) is 1. The van der Waals surface area contributed by atoms with Crippen LogP contribution in [0.4, 0.5) is 22.9 Å². The third-order valence-electron chi connectivity index (χ3n) is 6.84. The van der Waals surface area contributed by atoms with E-state index >= 15 is 0 Å². The number of fused-ring (bicyclic) bond motifs is 4. The third kappa shape index (κ3) is 3.69. The fourth-order valence-corrected chi connectivity index (χ4v) is 5.40. The van der Waals surface area contributed by atoms with Gasteiger partial charge in [-0.25, -0.2) is 14.7 Å². The fourth-order valence-electron chi connectivity index (χ4n) is 5.20. The number of benzene rings is 4. The average Bonchev–Trinajstić information content (AvgIpc) is 3.29. The summed E-state index contributed by atoms with van der Waals surface area (Å²) in [4.78, 5) is 12.5. The third-order valence-corrected chi connectivity index (χ3v) is 7.08. The Kier molecular flexibility index (Phi) is 5.34. The van der Waals surface area contributed by atoms with E-state index in [2.05, 4.69) is 22.3 Å². The van der Waals surface area contributed by atoms with E-state index in [1.54, 1.807) is 0 Å². The molecule has 1 aromatic heterocycles. The van der Waals surface area contributed by atoms with Crippen LogP contribution in [0.1, 0.15) is 22.9 Å². The second-order valence-corrected chi connectivity index (χ2v) is 9.71. The summed E-state index contributed by atoms with van der Waals surface area (Å²) in [7, 11) is 0. The zero-order chi connectivity index (χ0) is 25.6. The molecule has 0 spiro atoms. The normalized spacial score (nSPS) is 15.6. The first-order chi connectivity index (χ1) is 18.7. The monoisotopic (exact) mass is 514 g/mol. The van der Waals surface area contributed by atoms with Gasteiger partial charge in [0.15, 0.2) is 17.5 Å². The zero-order valence-corrected chi connectivity index (χ0v) is 21.3. The molecule has 6 nitrogen and oxygen atoms in total. The Hall–Kier alpha value is -4.68. The molecule has 1 unspecified atom stereocenters. The number of anilines is 2. The first-order valence-corrected chi connectivity index (χ1v) is 12.8. The summed E-state index contributed by atoms with van der Waals surface area (Å²) < 4.78 is 1.92. The maximum Gasteiger partial charge on any atom is 0.179 e. The highest BCUT2D eigenvalue weighted by atomic mass is 35.5. The predicted molar refractivity (Wildman–Crippen MR) is 155 cm³/mol. The quantitative estimate of drug-likeness (QED) is 0.269. The van der Waals surface area contributed by atoms with Crippen molar-refractivity contribution in [1.82, 2.24) is 9.78 Å². The van der Waals surface area contributed by atoms with Crippen molar-refractivity contribution < 1.29 is 0 Å². The minimum absolute atomic E-state index is 0.210. The average molecular weight is 515 g/mol. The van der Waals surface area contributed by atoms with Gasteiger partial charge in [-0.1, -0.05) is 72.3 Å². The number of aliphatic imine (C=N–C) groups is 2. The zero-order valence-electron chi connectivity index (χ0n) is 20.6. The molecule has 0 saturated heterocycles. The number of halogens is 1. The molecular weight excluding hydrogens is 492 g/mol.